The SMILES string of the molecule is Cc1ncc(NC(=O)N2CC(c3ccccc3)C3(CCC3)C2)cn1. The average Bonchev–Trinajstić information content (AvgIpc) is 2.99. The van der Waals surface area contributed by atoms with Gasteiger partial charge in [0.1, 0.15) is 5.82 Å². The molecular formula is C19H22N4O. The molecule has 2 aromatic rings. The summed E-state index contributed by atoms with van der Waals surface area (Å²) in [6.07, 6.45) is 7.01. The lowest BCUT2D eigenvalue weighted by Crippen LogP contribution is -2.39. The highest BCUT2D eigenvalue weighted by Crippen LogP contribution is 2.55. The highest BCUT2D eigenvalue weighted by atomic mass is 16.2. The molecule has 1 N–H and O–H groups in total. The molecule has 4 rings (SSSR count). The third kappa shape index (κ3) is 2.64. The number of anilines is 1. The van der Waals surface area contributed by atoms with Gasteiger partial charge in [-0.25, -0.2) is 14.8 Å². The molecule has 2 aliphatic rings. The van der Waals surface area contributed by atoms with Crippen LogP contribution >= 0.6 is 0 Å². The van der Waals surface area contributed by atoms with Gasteiger partial charge in [-0.15, -0.1) is 0 Å². The second kappa shape index (κ2) is 5.89. The fourth-order valence-corrected chi connectivity index (χ4v) is 4.07. The van der Waals surface area contributed by atoms with E-state index < -0.39 is 0 Å². The van der Waals surface area contributed by atoms with Crippen LogP contribution in [0.2, 0.25) is 0 Å². The van der Waals surface area contributed by atoms with Crippen LogP contribution in [0, 0.1) is 12.3 Å². The molecular weight excluding hydrogens is 300 g/mol. The Bertz CT molecular complexity index is 725. The Morgan fingerprint density at radius 2 is 1.92 bits per heavy atom. The highest BCUT2D eigenvalue weighted by molar-refractivity contribution is 5.89. The first kappa shape index (κ1) is 15.1. The van der Waals surface area contributed by atoms with E-state index in [1.807, 2.05) is 17.9 Å². The van der Waals surface area contributed by atoms with E-state index in [-0.39, 0.29) is 11.4 Å². The summed E-state index contributed by atoms with van der Waals surface area (Å²) in [5.74, 6) is 1.14. The lowest BCUT2D eigenvalue weighted by molar-refractivity contribution is 0.125. The van der Waals surface area contributed by atoms with E-state index in [4.69, 9.17) is 0 Å². The van der Waals surface area contributed by atoms with Gasteiger partial charge in [-0.3, -0.25) is 0 Å². The Hall–Kier alpha value is -2.43. The maximum absolute atomic E-state index is 12.7. The predicted octanol–water partition coefficient (Wildman–Crippen LogP) is 3.59. The van der Waals surface area contributed by atoms with Gasteiger partial charge in [-0.2, -0.15) is 0 Å². The van der Waals surface area contributed by atoms with Crippen LogP contribution in [0.4, 0.5) is 10.5 Å². The molecule has 1 unspecified atom stereocenters. The molecule has 2 fully saturated rings. The van der Waals surface area contributed by atoms with E-state index in [2.05, 4.69) is 39.6 Å². The van der Waals surface area contributed by atoms with Crippen LogP contribution < -0.4 is 5.32 Å². The first-order valence-corrected chi connectivity index (χ1v) is 8.56. The molecule has 0 radical (unpaired) electrons. The number of carbonyl (C=O) groups is 1. The number of aryl methyl sites for hydroxylation is 1. The van der Waals surface area contributed by atoms with Gasteiger partial charge in [-0.05, 0) is 30.7 Å². The van der Waals surface area contributed by atoms with Crippen LogP contribution in [0.3, 0.4) is 0 Å². The number of urea groups is 1. The number of benzene rings is 1. The lowest BCUT2D eigenvalue weighted by Gasteiger charge is -2.43. The van der Waals surface area contributed by atoms with Crippen molar-refractivity contribution in [3.8, 4) is 0 Å². The van der Waals surface area contributed by atoms with E-state index in [1.165, 1.54) is 24.8 Å². The number of hydrogen-bond acceptors (Lipinski definition) is 3. The summed E-state index contributed by atoms with van der Waals surface area (Å²) < 4.78 is 0. The van der Waals surface area contributed by atoms with Crippen LogP contribution in [0.15, 0.2) is 42.7 Å². The zero-order valence-electron chi connectivity index (χ0n) is 13.9. The second-order valence-electron chi connectivity index (χ2n) is 7.01. The quantitative estimate of drug-likeness (QED) is 0.919. The monoisotopic (exact) mass is 322 g/mol. The maximum Gasteiger partial charge on any atom is 0.321 e. The Kier molecular flexibility index (Phi) is 3.71. The molecule has 0 bridgehead atoms. The summed E-state index contributed by atoms with van der Waals surface area (Å²) >= 11 is 0. The summed E-state index contributed by atoms with van der Waals surface area (Å²) in [6, 6.07) is 10.6. The molecule has 5 nitrogen and oxygen atoms in total. The van der Waals surface area contributed by atoms with Gasteiger partial charge in [0.2, 0.25) is 0 Å². The van der Waals surface area contributed by atoms with Crippen LogP contribution in [0.25, 0.3) is 0 Å². The third-order valence-electron chi connectivity index (χ3n) is 5.52. The fraction of sp³-hybridized carbons (Fsp3) is 0.421. The van der Waals surface area contributed by atoms with Gasteiger partial charge >= 0.3 is 6.03 Å². The first-order chi connectivity index (χ1) is 11.7. The number of hydrogen-bond donors (Lipinski definition) is 1. The number of aromatic nitrogens is 2. The summed E-state index contributed by atoms with van der Waals surface area (Å²) in [4.78, 5) is 22.9. The molecule has 124 valence electrons. The standard InChI is InChI=1S/C19H22N4O/c1-14-20-10-16(11-21-14)22-18(24)23-12-17(15-6-3-2-4-7-15)19(13-23)8-5-9-19/h2-4,6-7,10-11,17H,5,8-9,12-13H2,1H3,(H,22,24). The molecule has 1 saturated carbocycles. The molecule has 1 aromatic carbocycles. The molecule has 1 saturated heterocycles. The molecule has 2 heterocycles. The molecule has 24 heavy (non-hydrogen) atoms. The number of rotatable bonds is 2. The third-order valence-corrected chi connectivity index (χ3v) is 5.52. The van der Waals surface area contributed by atoms with E-state index in [0.29, 0.717) is 17.4 Å². The Balaban J connectivity index is 1.51. The van der Waals surface area contributed by atoms with E-state index >= 15 is 0 Å². The largest absolute Gasteiger partial charge is 0.323 e. The molecule has 1 aliphatic heterocycles. The molecule has 1 aliphatic carbocycles. The van der Waals surface area contributed by atoms with Crippen molar-refractivity contribution in [3.63, 3.8) is 0 Å². The minimum atomic E-state index is -0.0489. The van der Waals surface area contributed by atoms with Crippen molar-refractivity contribution in [2.45, 2.75) is 32.1 Å². The zero-order chi connectivity index (χ0) is 16.6. The minimum Gasteiger partial charge on any atom is -0.323 e. The van der Waals surface area contributed by atoms with E-state index in [1.54, 1.807) is 12.4 Å². The number of nitrogens with one attached hydrogen (secondary N) is 1. The minimum absolute atomic E-state index is 0.0489. The summed E-state index contributed by atoms with van der Waals surface area (Å²) in [6.45, 7) is 3.45. The number of amides is 2. The van der Waals surface area contributed by atoms with Crippen molar-refractivity contribution in [3.05, 3.63) is 54.1 Å². The van der Waals surface area contributed by atoms with Gasteiger partial charge in [0.25, 0.3) is 0 Å². The zero-order valence-corrected chi connectivity index (χ0v) is 13.9. The van der Waals surface area contributed by atoms with E-state index in [0.717, 1.165) is 13.1 Å². The Morgan fingerprint density at radius 3 is 2.54 bits per heavy atom. The predicted molar refractivity (Wildman–Crippen MR) is 92.8 cm³/mol. The maximum atomic E-state index is 12.7. The normalized spacial score (nSPS) is 21.5. The molecule has 5 heteroatoms. The highest BCUT2D eigenvalue weighted by Gasteiger charge is 2.51. The van der Waals surface area contributed by atoms with E-state index in [9.17, 15) is 4.79 Å². The number of nitrogens with zero attached hydrogens (tertiary/aromatic N) is 3. The van der Waals surface area contributed by atoms with Gasteiger partial charge < -0.3 is 10.2 Å². The first-order valence-electron chi connectivity index (χ1n) is 8.56. The molecule has 2 amide bonds. The fourth-order valence-electron chi connectivity index (χ4n) is 4.07. The van der Waals surface area contributed by atoms with Crippen molar-refractivity contribution in [2.75, 3.05) is 18.4 Å². The lowest BCUT2D eigenvalue weighted by atomic mass is 9.61. The van der Waals surface area contributed by atoms with Crippen molar-refractivity contribution in [2.24, 2.45) is 5.41 Å². The second-order valence-corrected chi connectivity index (χ2v) is 7.01. The van der Waals surface area contributed by atoms with Crippen LogP contribution in [-0.4, -0.2) is 34.0 Å². The van der Waals surface area contributed by atoms with Crippen molar-refractivity contribution in [1.82, 2.24) is 14.9 Å². The van der Waals surface area contributed by atoms with Crippen LogP contribution in [0.5, 0.6) is 0 Å². The van der Waals surface area contributed by atoms with Crippen molar-refractivity contribution < 1.29 is 4.79 Å². The molecule has 1 aromatic heterocycles. The van der Waals surface area contributed by atoms with Crippen molar-refractivity contribution in [1.29, 1.82) is 0 Å². The number of carbonyl (C=O) groups excluding carboxylic acids is 1. The number of likely N-dealkylation sites (tertiary alicyclic amines) is 1. The van der Waals surface area contributed by atoms with Crippen molar-refractivity contribution >= 4 is 11.7 Å². The average molecular weight is 322 g/mol. The summed E-state index contributed by atoms with van der Waals surface area (Å²) in [5.41, 5.74) is 2.27. The van der Waals surface area contributed by atoms with Crippen LogP contribution in [0.1, 0.15) is 36.6 Å². The van der Waals surface area contributed by atoms with Crippen LogP contribution in [-0.2, 0) is 0 Å². The van der Waals surface area contributed by atoms with Gasteiger partial charge in [0.05, 0.1) is 18.1 Å². The smallest absolute Gasteiger partial charge is 0.321 e. The Labute approximate surface area is 142 Å². The van der Waals surface area contributed by atoms with Gasteiger partial charge in [0.15, 0.2) is 0 Å². The molecule has 1 spiro atoms. The summed E-state index contributed by atoms with van der Waals surface area (Å²) in [7, 11) is 0. The van der Waals surface area contributed by atoms with Gasteiger partial charge in [-0.1, -0.05) is 36.8 Å². The Morgan fingerprint density at radius 1 is 1.21 bits per heavy atom. The topological polar surface area (TPSA) is 58.1 Å². The molecule has 1 atom stereocenters. The van der Waals surface area contributed by atoms with Gasteiger partial charge in [0, 0.05) is 19.0 Å². The summed E-state index contributed by atoms with van der Waals surface area (Å²) in [5, 5.41) is 2.93.